The summed E-state index contributed by atoms with van der Waals surface area (Å²) < 4.78 is 24.9. The Balaban J connectivity index is 1.48. The van der Waals surface area contributed by atoms with Crippen molar-refractivity contribution in [3.8, 4) is 11.5 Å². The van der Waals surface area contributed by atoms with E-state index in [1.807, 2.05) is 49.3 Å². The molecule has 27 heavy (non-hydrogen) atoms. The van der Waals surface area contributed by atoms with Crippen LogP contribution in [-0.4, -0.2) is 50.8 Å². The minimum absolute atomic E-state index is 0.132. The number of nitrogens with zero attached hydrogens (tertiary/aromatic N) is 1. The van der Waals surface area contributed by atoms with Gasteiger partial charge in [0.2, 0.25) is 0 Å². The lowest BCUT2D eigenvalue weighted by Gasteiger charge is -2.27. The average Bonchev–Trinajstić information content (AvgIpc) is 2.66. The van der Waals surface area contributed by atoms with Crippen molar-refractivity contribution in [2.75, 3.05) is 33.8 Å². The van der Waals surface area contributed by atoms with Crippen LogP contribution in [0.5, 0.6) is 11.5 Å². The van der Waals surface area contributed by atoms with Crippen LogP contribution in [0.3, 0.4) is 0 Å². The molecule has 2 aromatic carbocycles. The standard InChI is InChI=1S/C20H24FN3O3/c1-24(2)17(14-6-5-7-15(21)10-14)12-23-20(25)22-11-16-13-26-18-8-3-4-9-19(18)27-16/h3-10,16-17H,11-13H2,1-2H3,(H2,22,23,25). The van der Waals surface area contributed by atoms with Gasteiger partial charge in [-0.2, -0.15) is 0 Å². The Morgan fingerprint density at radius 1 is 1.19 bits per heavy atom. The number of hydrogen-bond donors (Lipinski definition) is 2. The number of hydrogen-bond acceptors (Lipinski definition) is 4. The van der Waals surface area contributed by atoms with Gasteiger partial charge < -0.3 is 25.0 Å². The van der Waals surface area contributed by atoms with Crippen molar-refractivity contribution in [2.24, 2.45) is 0 Å². The molecule has 0 aromatic heterocycles. The third-order valence-corrected chi connectivity index (χ3v) is 4.37. The molecule has 0 saturated carbocycles. The monoisotopic (exact) mass is 373 g/mol. The predicted molar refractivity (Wildman–Crippen MR) is 101 cm³/mol. The summed E-state index contributed by atoms with van der Waals surface area (Å²) in [5.74, 6) is 1.09. The van der Waals surface area contributed by atoms with E-state index in [0.29, 0.717) is 31.2 Å². The number of ether oxygens (including phenoxy) is 2. The summed E-state index contributed by atoms with van der Waals surface area (Å²) in [7, 11) is 3.78. The fraction of sp³-hybridized carbons (Fsp3) is 0.350. The zero-order chi connectivity index (χ0) is 19.2. The molecule has 1 aliphatic rings. The molecule has 144 valence electrons. The van der Waals surface area contributed by atoms with Gasteiger partial charge in [-0.05, 0) is 43.9 Å². The molecule has 0 saturated heterocycles. The smallest absolute Gasteiger partial charge is 0.314 e. The first-order valence-electron chi connectivity index (χ1n) is 8.85. The number of halogens is 1. The second-order valence-electron chi connectivity index (χ2n) is 6.62. The van der Waals surface area contributed by atoms with Crippen molar-refractivity contribution in [3.63, 3.8) is 0 Å². The highest BCUT2D eigenvalue weighted by Crippen LogP contribution is 2.30. The molecule has 6 nitrogen and oxygen atoms in total. The van der Waals surface area contributed by atoms with E-state index >= 15 is 0 Å². The number of amides is 2. The van der Waals surface area contributed by atoms with Gasteiger partial charge in [-0.15, -0.1) is 0 Å². The lowest BCUT2D eigenvalue weighted by Crippen LogP contribution is -2.46. The highest BCUT2D eigenvalue weighted by Gasteiger charge is 2.21. The van der Waals surface area contributed by atoms with Crippen molar-refractivity contribution >= 4 is 6.03 Å². The van der Waals surface area contributed by atoms with Crippen LogP contribution in [0, 0.1) is 5.82 Å². The van der Waals surface area contributed by atoms with Gasteiger partial charge >= 0.3 is 6.03 Å². The SMILES string of the molecule is CN(C)C(CNC(=O)NCC1COc2ccccc2O1)c1cccc(F)c1. The summed E-state index contributed by atoms with van der Waals surface area (Å²) in [4.78, 5) is 14.1. The highest BCUT2D eigenvalue weighted by atomic mass is 19.1. The number of fused-ring (bicyclic) bond motifs is 1. The van der Waals surface area contributed by atoms with E-state index in [-0.39, 0.29) is 24.0 Å². The number of benzene rings is 2. The van der Waals surface area contributed by atoms with Crippen molar-refractivity contribution in [1.29, 1.82) is 0 Å². The number of likely N-dealkylation sites (N-methyl/N-ethyl adjacent to an activating group) is 1. The Morgan fingerprint density at radius 2 is 1.96 bits per heavy atom. The number of rotatable bonds is 6. The number of carbonyl (C=O) groups excluding carboxylic acids is 1. The van der Waals surface area contributed by atoms with E-state index in [2.05, 4.69) is 10.6 Å². The van der Waals surface area contributed by atoms with E-state index in [0.717, 1.165) is 5.56 Å². The van der Waals surface area contributed by atoms with Gasteiger partial charge in [-0.3, -0.25) is 0 Å². The molecule has 2 unspecified atom stereocenters. The zero-order valence-corrected chi connectivity index (χ0v) is 15.4. The van der Waals surface area contributed by atoms with Gasteiger partial charge in [-0.1, -0.05) is 24.3 Å². The van der Waals surface area contributed by atoms with Gasteiger partial charge in [0.1, 0.15) is 12.4 Å². The lowest BCUT2D eigenvalue weighted by atomic mass is 10.1. The Bertz CT molecular complexity index is 785. The second kappa shape index (κ2) is 8.73. The molecule has 0 fully saturated rings. The van der Waals surface area contributed by atoms with Crippen molar-refractivity contribution in [3.05, 3.63) is 59.9 Å². The molecule has 0 aliphatic carbocycles. The Hall–Kier alpha value is -2.80. The maximum atomic E-state index is 13.5. The number of carbonyl (C=O) groups is 1. The topological polar surface area (TPSA) is 62.8 Å². The van der Waals surface area contributed by atoms with Crippen LogP contribution in [0.4, 0.5) is 9.18 Å². The van der Waals surface area contributed by atoms with Crippen LogP contribution in [-0.2, 0) is 0 Å². The summed E-state index contributed by atoms with van der Waals surface area (Å²) in [6.45, 7) is 1.06. The minimum Gasteiger partial charge on any atom is -0.486 e. The maximum Gasteiger partial charge on any atom is 0.314 e. The first-order valence-corrected chi connectivity index (χ1v) is 8.85. The van der Waals surface area contributed by atoms with Crippen LogP contribution in [0.15, 0.2) is 48.5 Å². The normalized spacial score (nSPS) is 16.7. The van der Waals surface area contributed by atoms with E-state index in [9.17, 15) is 9.18 Å². The average molecular weight is 373 g/mol. The van der Waals surface area contributed by atoms with Crippen molar-refractivity contribution in [2.45, 2.75) is 12.1 Å². The zero-order valence-electron chi connectivity index (χ0n) is 15.4. The molecule has 2 aromatic rings. The third-order valence-electron chi connectivity index (χ3n) is 4.37. The summed E-state index contributed by atoms with van der Waals surface area (Å²) in [6.07, 6.45) is -0.251. The second-order valence-corrected chi connectivity index (χ2v) is 6.62. The van der Waals surface area contributed by atoms with Crippen molar-refractivity contribution < 1.29 is 18.7 Å². The molecule has 2 atom stereocenters. The molecule has 2 N–H and O–H groups in total. The van der Waals surface area contributed by atoms with Crippen LogP contribution in [0.25, 0.3) is 0 Å². The number of urea groups is 1. The molecule has 0 spiro atoms. The highest BCUT2D eigenvalue weighted by molar-refractivity contribution is 5.73. The molecule has 0 radical (unpaired) electrons. The Labute approximate surface area is 158 Å². The van der Waals surface area contributed by atoms with E-state index in [1.165, 1.54) is 12.1 Å². The van der Waals surface area contributed by atoms with Crippen LogP contribution in [0.2, 0.25) is 0 Å². The Kier molecular flexibility index (Phi) is 6.13. The fourth-order valence-corrected chi connectivity index (χ4v) is 2.93. The van der Waals surface area contributed by atoms with Crippen LogP contribution in [0.1, 0.15) is 11.6 Å². The minimum atomic E-state index is -0.305. The third kappa shape index (κ3) is 5.10. The number of para-hydroxylation sites is 2. The van der Waals surface area contributed by atoms with E-state index < -0.39 is 0 Å². The molecule has 1 aliphatic heterocycles. The lowest BCUT2D eigenvalue weighted by molar-refractivity contribution is 0.0917. The molecule has 7 heteroatoms. The maximum absolute atomic E-state index is 13.5. The van der Waals surface area contributed by atoms with Gasteiger partial charge in [0.25, 0.3) is 0 Å². The quantitative estimate of drug-likeness (QED) is 0.817. The molecule has 0 bridgehead atoms. The largest absolute Gasteiger partial charge is 0.486 e. The molecule has 1 heterocycles. The van der Waals surface area contributed by atoms with E-state index in [1.54, 1.807) is 6.07 Å². The predicted octanol–water partition coefficient (Wildman–Crippen LogP) is 2.57. The van der Waals surface area contributed by atoms with Gasteiger partial charge in [0.05, 0.1) is 12.6 Å². The summed E-state index contributed by atoms with van der Waals surface area (Å²) in [5.41, 5.74) is 0.806. The first-order chi connectivity index (χ1) is 13.0. The van der Waals surface area contributed by atoms with Crippen LogP contribution >= 0.6 is 0 Å². The van der Waals surface area contributed by atoms with Crippen LogP contribution < -0.4 is 20.1 Å². The Morgan fingerprint density at radius 3 is 2.70 bits per heavy atom. The van der Waals surface area contributed by atoms with Gasteiger partial charge in [-0.25, -0.2) is 9.18 Å². The fourth-order valence-electron chi connectivity index (χ4n) is 2.93. The van der Waals surface area contributed by atoms with Gasteiger partial charge in [0.15, 0.2) is 17.6 Å². The molecule has 2 amide bonds. The van der Waals surface area contributed by atoms with Gasteiger partial charge in [0, 0.05) is 6.54 Å². The molecule has 3 rings (SSSR count). The molecular formula is C20H24FN3O3. The molecular weight excluding hydrogens is 349 g/mol. The van der Waals surface area contributed by atoms with E-state index in [4.69, 9.17) is 9.47 Å². The summed E-state index contributed by atoms with van der Waals surface area (Å²) in [6, 6.07) is 13.4. The summed E-state index contributed by atoms with van der Waals surface area (Å²) >= 11 is 0. The summed E-state index contributed by atoms with van der Waals surface area (Å²) in [5, 5.41) is 5.62. The first kappa shape index (κ1) is 19.0. The van der Waals surface area contributed by atoms with Crippen molar-refractivity contribution in [1.82, 2.24) is 15.5 Å². The number of nitrogens with one attached hydrogen (secondary N) is 2.